The number of hydrogen-bond donors (Lipinski definition) is 8. The lowest BCUT2D eigenvalue weighted by molar-refractivity contribution is 0.0952. The number of aliphatic hydroxyl groups is 2. The van der Waals surface area contributed by atoms with E-state index in [1.165, 1.54) is 0 Å². The molecule has 3 saturated heterocycles. The number of rotatable bonds is 12. The summed E-state index contributed by atoms with van der Waals surface area (Å²) in [6.07, 6.45) is 24.6. The number of fused-ring (bicyclic) bond motifs is 6. The molecule has 6 aliphatic heterocycles. The maximum Gasteiger partial charge on any atom is 0.254 e. The topological polar surface area (TPSA) is 299 Å². The first kappa shape index (κ1) is 61.0. The zero-order valence-electron chi connectivity index (χ0n) is 53.5. The number of piperidine rings is 1. The summed E-state index contributed by atoms with van der Waals surface area (Å²) in [5.41, 5.74) is 18.1. The van der Waals surface area contributed by atoms with Crippen LogP contribution in [0.25, 0.3) is 50.7 Å². The van der Waals surface area contributed by atoms with Crippen LogP contribution in [0, 0.1) is 0 Å². The third kappa shape index (κ3) is 11.6. The number of imidazole rings is 3. The standard InChI is InChI=1S/C26H26N6O2.C24H23N7O2.C22H19N7O2/c1-16-24-19(21-15-28-23-4-2-3-11-32(21)23)6-7-20(25(24)26(34)29-16)30-22-8-5-17(14-27-22)31-12-9-18(33)10-13-31;1-15-14-33-9-8-30(15)16-2-5-21(26-10-16)29-19-4-3-17(18-11-28-24(32)23(18)19)20-12-27-22-13-25-6-7-31(20)22;30-14-11-28(12-14)13-1-4-19(24-7-13)27-17-3-2-15(16-8-26-22(31)21(16)17)18-9-25-20-10-23-5-6-29(18)20/h2-8,11,14-16,18,33H,9-10,12-13H2,1H3,(H,27,30)(H,29,34);2-7,10,12-13,15H,8-9,11,14H2,1H3,(H,26,29)(H,28,32);1-7,9-10,14,30H,8,11-12H2,(H,24,27)(H,26,31)/t16-;15-;/m00./s1. The van der Waals surface area contributed by atoms with Crippen molar-refractivity contribution in [3.05, 3.63) is 205 Å². The average Bonchev–Trinajstić information content (AvgIpc) is 1.60. The number of amides is 3. The maximum absolute atomic E-state index is 12.9. The van der Waals surface area contributed by atoms with Gasteiger partial charge in [-0.05, 0) is 110 Å². The maximum atomic E-state index is 12.9. The van der Waals surface area contributed by atoms with Gasteiger partial charge in [0.15, 0.2) is 11.3 Å². The molecule has 0 radical (unpaired) electrons. The first-order chi connectivity index (χ1) is 47.9. The summed E-state index contributed by atoms with van der Waals surface area (Å²) < 4.78 is 11.5. The lowest BCUT2D eigenvalue weighted by atomic mass is 9.95. The smallest absolute Gasteiger partial charge is 0.254 e. The number of aromatic nitrogens is 11. The van der Waals surface area contributed by atoms with Gasteiger partial charge in [-0.25, -0.2) is 29.9 Å². The van der Waals surface area contributed by atoms with Gasteiger partial charge >= 0.3 is 0 Å². The van der Waals surface area contributed by atoms with E-state index < -0.39 is 0 Å². The van der Waals surface area contributed by atoms with Crippen molar-refractivity contribution < 1.29 is 29.3 Å². The lowest BCUT2D eigenvalue weighted by Gasteiger charge is -2.37. The van der Waals surface area contributed by atoms with E-state index in [0.29, 0.717) is 72.1 Å². The van der Waals surface area contributed by atoms with Crippen LogP contribution in [-0.4, -0.2) is 145 Å². The second-order valence-corrected chi connectivity index (χ2v) is 25.0. The van der Waals surface area contributed by atoms with Gasteiger partial charge in [-0.1, -0.05) is 24.3 Å². The quantitative estimate of drug-likeness (QED) is 0.0566. The number of hydrogen-bond acceptors (Lipinski definition) is 20. The Balaban J connectivity index is 0.000000115. The highest BCUT2D eigenvalue weighted by atomic mass is 16.5. The number of morpholine rings is 1. The molecule has 26 nitrogen and oxygen atoms in total. The third-order valence-electron chi connectivity index (χ3n) is 18.9. The van der Waals surface area contributed by atoms with Crippen molar-refractivity contribution in [2.75, 3.05) is 76.6 Å². The zero-order chi connectivity index (χ0) is 66.5. The van der Waals surface area contributed by atoms with Gasteiger partial charge in [0.05, 0.1) is 149 Å². The Morgan fingerprint density at radius 2 is 1.00 bits per heavy atom. The van der Waals surface area contributed by atoms with Gasteiger partial charge in [-0.3, -0.25) is 37.6 Å². The normalized spacial score (nSPS) is 17.3. The van der Waals surface area contributed by atoms with E-state index >= 15 is 0 Å². The molecule has 3 fully saturated rings. The number of aliphatic hydroxyl groups excluding tert-OH is 2. The highest BCUT2D eigenvalue weighted by Gasteiger charge is 2.34. The van der Waals surface area contributed by atoms with E-state index in [1.807, 2.05) is 148 Å². The molecule has 2 atom stereocenters. The molecule has 0 unspecified atom stereocenters. The molecule has 12 aromatic rings. The number of benzene rings is 3. The summed E-state index contributed by atoms with van der Waals surface area (Å²) >= 11 is 0. The number of nitrogens with one attached hydrogen (secondary N) is 6. The first-order valence-corrected chi connectivity index (χ1v) is 32.7. The number of pyridine rings is 4. The van der Waals surface area contributed by atoms with Gasteiger partial charge in [0.25, 0.3) is 17.7 Å². The Labute approximate surface area is 561 Å². The molecule has 26 heteroatoms. The molecule has 3 aromatic carbocycles. The van der Waals surface area contributed by atoms with Crippen LogP contribution >= 0.6 is 0 Å². The van der Waals surface area contributed by atoms with E-state index in [4.69, 9.17) is 4.74 Å². The van der Waals surface area contributed by atoms with Crippen molar-refractivity contribution in [2.45, 2.75) is 64.1 Å². The predicted molar refractivity (Wildman–Crippen MR) is 372 cm³/mol. The monoisotopic (exact) mass is 1310 g/mol. The van der Waals surface area contributed by atoms with Crippen molar-refractivity contribution >= 4 is 86.2 Å². The van der Waals surface area contributed by atoms with Crippen molar-refractivity contribution in [3.63, 3.8) is 0 Å². The fourth-order valence-electron chi connectivity index (χ4n) is 13.8. The summed E-state index contributed by atoms with van der Waals surface area (Å²) in [4.78, 5) is 80.2. The molecule has 0 saturated carbocycles. The van der Waals surface area contributed by atoms with E-state index in [2.05, 4.69) is 99.5 Å². The van der Waals surface area contributed by atoms with Crippen LogP contribution < -0.4 is 46.6 Å². The SMILES string of the molecule is C[C@@H]1NC(=O)c2c(Nc3ccc(N4CCC(O)CC4)cn3)ccc(-c3cnc4ccccn34)c21.C[C@H]1COCCN1c1ccc(Nc2ccc(-c3cnc4cnccn34)c3c2C(=O)NC3)nc1.O=C1NCc2c(-c3cnc4cnccn34)ccc(Nc3ccc(N4CC(O)C4)cn3)c21. The second kappa shape index (κ2) is 25.7. The first-order valence-electron chi connectivity index (χ1n) is 32.7. The number of carbonyl (C=O) groups is 3. The van der Waals surface area contributed by atoms with E-state index in [0.717, 1.165) is 142 Å². The van der Waals surface area contributed by atoms with Crippen molar-refractivity contribution in [2.24, 2.45) is 0 Å². The van der Waals surface area contributed by atoms with E-state index in [-0.39, 0.29) is 36.0 Å². The van der Waals surface area contributed by atoms with Gasteiger partial charge in [-0.15, -0.1) is 0 Å². The highest BCUT2D eigenvalue weighted by Crippen LogP contribution is 2.42. The number of β-amino-alcohol motifs (C(OH)–C–C–N with tert-alkyl or cyclic N) is 1. The minimum absolute atomic E-state index is 0.0934. The molecule has 0 aliphatic carbocycles. The number of anilines is 9. The Kier molecular flexibility index (Phi) is 16.0. The van der Waals surface area contributed by atoms with Gasteiger partial charge in [0, 0.05) is 99.5 Å². The summed E-state index contributed by atoms with van der Waals surface area (Å²) in [6, 6.07) is 29.7. The van der Waals surface area contributed by atoms with Crippen LogP contribution in [0.5, 0.6) is 0 Å². The lowest BCUT2D eigenvalue weighted by Crippen LogP contribution is -2.50. The minimum atomic E-state index is -0.262. The predicted octanol–water partition coefficient (Wildman–Crippen LogP) is 8.87. The largest absolute Gasteiger partial charge is 0.393 e. The van der Waals surface area contributed by atoms with Crippen LogP contribution in [0.15, 0.2) is 172 Å². The van der Waals surface area contributed by atoms with Gasteiger partial charge in [-0.2, -0.15) is 0 Å². The molecule has 18 rings (SSSR count). The molecule has 9 aromatic heterocycles. The van der Waals surface area contributed by atoms with Crippen LogP contribution in [0.1, 0.15) is 80.5 Å². The van der Waals surface area contributed by atoms with Crippen molar-refractivity contribution in [1.82, 2.24) is 69.0 Å². The summed E-state index contributed by atoms with van der Waals surface area (Å²) in [5, 5.41) is 38.1. The minimum Gasteiger partial charge on any atom is -0.393 e. The Bertz CT molecular complexity index is 5020. The molecule has 3 amide bonds. The fraction of sp³-hybridized carbons (Fsp3) is 0.236. The molecule has 15 heterocycles. The molecular weight excluding hydrogens is 1240 g/mol. The Morgan fingerprint density at radius 3 is 1.54 bits per heavy atom. The van der Waals surface area contributed by atoms with Crippen molar-refractivity contribution in [3.8, 4) is 33.8 Å². The van der Waals surface area contributed by atoms with Crippen LogP contribution in [-0.2, 0) is 17.8 Å². The molecule has 0 spiro atoms. The van der Waals surface area contributed by atoms with E-state index in [1.54, 1.807) is 37.2 Å². The Hall–Kier alpha value is -11.9. The van der Waals surface area contributed by atoms with Crippen LogP contribution in [0.4, 0.5) is 51.6 Å². The summed E-state index contributed by atoms with van der Waals surface area (Å²) in [6.45, 7) is 10.3. The van der Waals surface area contributed by atoms with E-state index in [9.17, 15) is 24.6 Å². The molecule has 492 valence electrons. The van der Waals surface area contributed by atoms with Gasteiger partial charge < -0.3 is 61.6 Å². The van der Waals surface area contributed by atoms with Crippen molar-refractivity contribution in [1.29, 1.82) is 0 Å². The van der Waals surface area contributed by atoms with Gasteiger partial charge in [0.1, 0.15) is 23.1 Å². The number of ether oxygens (including phenoxy) is 1. The average molecular weight is 1310 g/mol. The highest BCUT2D eigenvalue weighted by molar-refractivity contribution is 6.08. The number of nitrogens with zero attached hydrogens (tertiary/aromatic N) is 14. The molecule has 8 N–H and O–H groups in total. The Morgan fingerprint density at radius 1 is 0.490 bits per heavy atom. The fourth-order valence-corrected chi connectivity index (χ4v) is 13.8. The molecule has 6 aliphatic rings. The number of carbonyl (C=O) groups excluding carboxylic acids is 3. The summed E-state index contributed by atoms with van der Waals surface area (Å²) in [5.74, 6) is 1.72. The third-order valence-corrected chi connectivity index (χ3v) is 18.9. The molecule has 0 bridgehead atoms. The van der Waals surface area contributed by atoms with Crippen LogP contribution in [0.2, 0.25) is 0 Å². The van der Waals surface area contributed by atoms with Crippen LogP contribution in [0.3, 0.4) is 0 Å². The zero-order valence-corrected chi connectivity index (χ0v) is 53.5. The molecular formula is C72H68N20O6. The second-order valence-electron chi connectivity index (χ2n) is 25.0. The van der Waals surface area contributed by atoms with Gasteiger partial charge in [0.2, 0.25) is 0 Å². The molecule has 98 heavy (non-hydrogen) atoms. The summed E-state index contributed by atoms with van der Waals surface area (Å²) in [7, 11) is 0.